The van der Waals surface area contributed by atoms with E-state index >= 15 is 0 Å². The van der Waals surface area contributed by atoms with Gasteiger partial charge < -0.3 is 14.9 Å². The number of amides is 1. The Morgan fingerprint density at radius 3 is 2.38 bits per heavy atom. The van der Waals surface area contributed by atoms with Crippen LogP contribution in [0.3, 0.4) is 0 Å². The molecule has 3 rings (SSSR count). The minimum absolute atomic E-state index is 0.00786. The Bertz CT molecular complexity index is 1130. The number of aromatic nitrogens is 1. The number of aliphatic carboxylic acids is 1. The monoisotopic (exact) mass is 542 g/mol. The maximum Gasteiger partial charge on any atom is 0.490 e. The van der Waals surface area contributed by atoms with Crippen LogP contribution in [-0.2, 0) is 26.0 Å². The first-order chi connectivity index (χ1) is 15.7. The topological polar surface area (TPSA) is 120 Å². The number of rotatable bonds is 5. The Morgan fingerprint density at radius 1 is 1.24 bits per heavy atom. The Morgan fingerprint density at radius 2 is 1.82 bits per heavy atom. The molecule has 0 unspecified atom stereocenters. The van der Waals surface area contributed by atoms with Gasteiger partial charge in [-0.2, -0.15) is 13.2 Å². The van der Waals surface area contributed by atoms with E-state index in [0.717, 1.165) is 24.4 Å². The third kappa shape index (κ3) is 7.82. The van der Waals surface area contributed by atoms with Crippen molar-refractivity contribution >= 4 is 50.0 Å². The molecule has 0 atom stereocenters. The minimum atomic E-state index is -5.08. The fourth-order valence-electron chi connectivity index (χ4n) is 2.81. The zero-order chi connectivity index (χ0) is 25.7. The number of carboxylic acid groups (broad SMARTS) is 1. The second kappa shape index (κ2) is 11.3. The van der Waals surface area contributed by atoms with Gasteiger partial charge in [0.1, 0.15) is 0 Å². The lowest BCUT2D eigenvalue weighted by Gasteiger charge is -2.32. The van der Waals surface area contributed by atoms with Crippen LogP contribution in [0.2, 0.25) is 5.02 Å². The lowest BCUT2D eigenvalue weighted by atomic mass is 10.2. The molecule has 1 fully saturated rings. The highest BCUT2D eigenvalue weighted by molar-refractivity contribution is 7.93. The second-order valence-electron chi connectivity index (χ2n) is 7.28. The zero-order valence-corrected chi connectivity index (χ0v) is 20.5. The molecule has 1 aromatic heterocycles. The summed E-state index contributed by atoms with van der Waals surface area (Å²) in [6.45, 7) is 4.76. The van der Waals surface area contributed by atoms with E-state index < -0.39 is 22.2 Å². The number of carbonyl (C=O) groups is 2. The van der Waals surface area contributed by atoms with E-state index in [1.54, 1.807) is 24.4 Å². The zero-order valence-electron chi connectivity index (χ0n) is 18.1. The van der Waals surface area contributed by atoms with Crippen LogP contribution in [-0.4, -0.2) is 79.6 Å². The first-order valence-corrected chi connectivity index (χ1v) is 12.4. The maximum absolute atomic E-state index is 12.6. The first-order valence-electron chi connectivity index (χ1n) is 9.69. The third-order valence-electron chi connectivity index (χ3n) is 4.71. The molecule has 0 spiro atoms. The molecule has 1 aromatic carbocycles. The van der Waals surface area contributed by atoms with Gasteiger partial charge in [-0.1, -0.05) is 17.7 Å². The molecule has 2 N–H and O–H groups in total. The summed E-state index contributed by atoms with van der Waals surface area (Å²) in [5.41, 5.74) is 1.04. The predicted octanol–water partition coefficient (Wildman–Crippen LogP) is 2.86. The minimum Gasteiger partial charge on any atom is -0.475 e. The quantitative estimate of drug-likeness (QED) is 0.596. The van der Waals surface area contributed by atoms with Crippen LogP contribution in [0.1, 0.15) is 11.3 Å². The Kier molecular flexibility index (Phi) is 9.28. The number of hydrogen-bond acceptors (Lipinski definition) is 7. The van der Waals surface area contributed by atoms with Gasteiger partial charge in [0, 0.05) is 36.6 Å². The standard InChI is InChI=1S/C17H21ClN4O3S2.C2HF3O2/c1-12-14(18)4-3-5-15(12)27(24,25)20-17-19-13(11-26-17)10-16(23)22-8-6-21(2)7-9-22;3-2(4,5)1(6)7/h3-5,11H,6-10H2,1-2H3,(H,19,20);(H,6,7). The van der Waals surface area contributed by atoms with E-state index in [1.165, 1.54) is 6.07 Å². The van der Waals surface area contributed by atoms with Crippen molar-refractivity contribution in [3.05, 3.63) is 39.9 Å². The van der Waals surface area contributed by atoms with E-state index in [4.69, 9.17) is 21.5 Å². The Hall–Kier alpha value is -2.42. The largest absolute Gasteiger partial charge is 0.490 e. The van der Waals surface area contributed by atoms with Gasteiger partial charge in [0.05, 0.1) is 17.0 Å². The van der Waals surface area contributed by atoms with Crippen LogP contribution in [0.4, 0.5) is 18.3 Å². The first kappa shape index (κ1) is 27.8. The van der Waals surface area contributed by atoms with Gasteiger partial charge in [0.2, 0.25) is 5.91 Å². The molecule has 0 saturated carbocycles. The molecule has 188 valence electrons. The van der Waals surface area contributed by atoms with Crippen molar-refractivity contribution in [1.82, 2.24) is 14.8 Å². The molecule has 2 aromatic rings. The number of nitrogens with one attached hydrogen (secondary N) is 1. The van der Waals surface area contributed by atoms with Crippen LogP contribution < -0.4 is 4.72 Å². The van der Waals surface area contributed by atoms with E-state index in [2.05, 4.69) is 14.6 Å². The second-order valence-corrected chi connectivity index (χ2v) is 10.2. The number of thiazole rings is 1. The van der Waals surface area contributed by atoms with Crippen molar-refractivity contribution in [2.75, 3.05) is 37.9 Å². The smallest absolute Gasteiger partial charge is 0.475 e. The summed E-state index contributed by atoms with van der Waals surface area (Å²) in [6.07, 6.45) is -4.92. The molecular weight excluding hydrogens is 521 g/mol. The summed E-state index contributed by atoms with van der Waals surface area (Å²) >= 11 is 7.17. The maximum atomic E-state index is 12.6. The van der Waals surface area contributed by atoms with Crippen LogP contribution in [0.25, 0.3) is 0 Å². The molecular formula is C19H22ClF3N4O5S2. The number of benzene rings is 1. The summed E-state index contributed by atoms with van der Waals surface area (Å²) in [6, 6.07) is 4.72. The average molecular weight is 543 g/mol. The van der Waals surface area contributed by atoms with Crippen molar-refractivity contribution in [3.63, 3.8) is 0 Å². The van der Waals surface area contributed by atoms with Gasteiger partial charge in [-0.15, -0.1) is 11.3 Å². The highest BCUT2D eigenvalue weighted by Crippen LogP contribution is 2.26. The number of carbonyl (C=O) groups excluding carboxylic acids is 1. The van der Waals surface area contributed by atoms with Crippen LogP contribution >= 0.6 is 22.9 Å². The number of carboxylic acids is 1. The SMILES string of the molecule is Cc1c(Cl)cccc1S(=O)(=O)Nc1nc(CC(=O)N2CCN(C)CC2)cs1.O=C(O)C(F)(F)F. The molecule has 34 heavy (non-hydrogen) atoms. The van der Waals surface area contributed by atoms with Crippen LogP contribution in [0, 0.1) is 6.92 Å². The van der Waals surface area contributed by atoms with Crippen molar-refractivity contribution in [2.24, 2.45) is 0 Å². The van der Waals surface area contributed by atoms with Gasteiger partial charge in [0.15, 0.2) is 5.13 Å². The molecule has 1 amide bonds. The van der Waals surface area contributed by atoms with E-state index in [9.17, 15) is 26.4 Å². The van der Waals surface area contributed by atoms with Gasteiger partial charge in [-0.25, -0.2) is 18.2 Å². The summed E-state index contributed by atoms with van der Waals surface area (Å²) in [7, 11) is -1.77. The number of anilines is 1. The van der Waals surface area contributed by atoms with Gasteiger partial charge in [0.25, 0.3) is 10.0 Å². The highest BCUT2D eigenvalue weighted by atomic mass is 35.5. The van der Waals surface area contributed by atoms with Crippen LogP contribution in [0.15, 0.2) is 28.5 Å². The summed E-state index contributed by atoms with van der Waals surface area (Å²) in [4.78, 5) is 29.7. The molecule has 0 radical (unpaired) electrons. The average Bonchev–Trinajstić information content (AvgIpc) is 3.16. The summed E-state index contributed by atoms with van der Waals surface area (Å²) in [5.74, 6) is -2.75. The van der Waals surface area contributed by atoms with E-state index in [1.807, 2.05) is 11.9 Å². The number of nitrogens with zero attached hydrogens (tertiary/aromatic N) is 3. The fraction of sp³-hybridized carbons (Fsp3) is 0.421. The molecule has 9 nitrogen and oxygen atoms in total. The van der Waals surface area contributed by atoms with Gasteiger partial charge >= 0.3 is 12.1 Å². The van der Waals surface area contributed by atoms with E-state index in [0.29, 0.717) is 29.4 Å². The molecule has 1 aliphatic heterocycles. The Balaban J connectivity index is 0.000000509. The van der Waals surface area contributed by atoms with E-state index in [-0.39, 0.29) is 22.4 Å². The van der Waals surface area contributed by atoms with Crippen molar-refractivity contribution in [3.8, 4) is 0 Å². The lowest BCUT2D eigenvalue weighted by Crippen LogP contribution is -2.47. The summed E-state index contributed by atoms with van der Waals surface area (Å²) < 4.78 is 59.4. The fourth-order valence-corrected chi connectivity index (χ4v) is 5.27. The Labute approximate surface area is 203 Å². The van der Waals surface area contributed by atoms with Crippen molar-refractivity contribution in [1.29, 1.82) is 0 Å². The molecule has 2 heterocycles. The number of alkyl halides is 3. The predicted molar refractivity (Wildman–Crippen MR) is 121 cm³/mol. The number of halogens is 4. The van der Waals surface area contributed by atoms with Crippen molar-refractivity contribution < 1.29 is 36.3 Å². The number of sulfonamides is 1. The molecule has 15 heteroatoms. The van der Waals surface area contributed by atoms with Crippen LogP contribution in [0.5, 0.6) is 0 Å². The molecule has 0 bridgehead atoms. The lowest BCUT2D eigenvalue weighted by molar-refractivity contribution is -0.192. The summed E-state index contributed by atoms with van der Waals surface area (Å²) in [5, 5.41) is 9.45. The number of hydrogen-bond donors (Lipinski definition) is 2. The number of piperazine rings is 1. The van der Waals surface area contributed by atoms with Crippen molar-refractivity contribution in [2.45, 2.75) is 24.4 Å². The normalized spacial score (nSPS) is 14.8. The van der Waals surface area contributed by atoms with Gasteiger partial charge in [-0.05, 0) is 31.7 Å². The number of likely N-dealkylation sites (N-methyl/N-ethyl adjacent to an activating group) is 1. The molecule has 0 aliphatic carbocycles. The molecule has 1 aliphatic rings. The molecule has 1 saturated heterocycles. The highest BCUT2D eigenvalue weighted by Gasteiger charge is 2.38. The van der Waals surface area contributed by atoms with Gasteiger partial charge in [-0.3, -0.25) is 9.52 Å². The third-order valence-corrected chi connectivity index (χ3v) is 7.54.